The molecule has 1 saturated carbocycles. The molecule has 1 aliphatic carbocycles. The van der Waals surface area contributed by atoms with Gasteiger partial charge < -0.3 is 10.2 Å². The number of nitrogens with one attached hydrogen (secondary N) is 1. The van der Waals surface area contributed by atoms with Crippen molar-refractivity contribution in [3.63, 3.8) is 0 Å². The molecule has 20 heavy (non-hydrogen) atoms. The molecule has 2 amide bonds. The molecule has 1 aromatic carbocycles. The van der Waals surface area contributed by atoms with Crippen molar-refractivity contribution in [2.75, 3.05) is 13.1 Å². The van der Waals surface area contributed by atoms with Gasteiger partial charge in [0.15, 0.2) is 0 Å². The lowest BCUT2D eigenvalue weighted by atomic mass is 9.72. The second-order valence-electron chi connectivity index (χ2n) is 6.40. The van der Waals surface area contributed by atoms with E-state index in [9.17, 15) is 4.79 Å². The van der Waals surface area contributed by atoms with E-state index in [4.69, 9.17) is 0 Å². The van der Waals surface area contributed by atoms with Crippen LogP contribution in [0.1, 0.15) is 44.6 Å². The lowest BCUT2D eigenvalue weighted by molar-refractivity contribution is 0.136. The number of rotatable bonds is 2. The van der Waals surface area contributed by atoms with E-state index in [0.717, 1.165) is 44.7 Å². The zero-order chi connectivity index (χ0) is 14.0. The van der Waals surface area contributed by atoms with Gasteiger partial charge in [-0.1, -0.05) is 37.3 Å². The third-order valence-electron chi connectivity index (χ3n) is 4.95. The van der Waals surface area contributed by atoms with E-state index >= 15 is 0 Å². The number of amides is 2. The average molecular weight is 272 g/mol. The largest absolute Gasteiger partial charge is 0.328 e. The maximum atomic E-state index is 12.5. The van der Waals surface area contributed by atoms with Crippen LogP contribution in [0.2, 0.25) is 0 Å². The Kier molecular flexibility index (Phi) is 3.68. The molecule has 1 aromatic rings. The van der Waals surface area contributed by atoms with E-state index in [-0.39, 0.29) is 11.6 Å². The SMILES string of the molecule is CC1CCN(C(=O)NC2(c3ccccc3)CCC2)CC1. The molecule has 108 valence electrons. The molecule has 1 aliphatic heterocycles. The van der Waals surface area contributed by atoms with E-state index in [1.807, 2.05) is 11.0 Å². The van der Waals surface area contributed by atoms with Crippen LogP contribution in [0.15, 0.2) is 30.3 Å². The van der Waals surface area contributed by atoms with Crippen molar-refractivity contribution in [1.82, 2.24) is 10.2 Å². The summed E-state index contributed by atoms with van der Waals surface area (Å²) in [5, 5.41) is 3.32. The highest BCUT2D eigenvalue weighted by Crippen LogP contribution is 2.41. The minimum Gasteiger partial charge on any atom is -0.328 e. The van der Waals surface area contributed by atoms with Gasteiger partial charge in [-0.05, 0) is 43.6 Å². The van der Waals surface area contributed by atoms with Gasteiger partial charge in [-0.2, -0.15) is 0 Å². The molecule has 1 N–H and O–H groups in total. The van der Waals surface area contributed by atoms with Crippen LogP contribution in [0, 0.1) is 5.92 Å². The summed E-state index contributed by atoms with van der Waals surface area (Å²) >= 11 is 0. The first-order valence-electron chi connectivity index (χ1n) is 7.82. The first kappa shape index (κ1) is 13.5. The standard InChI is InChI=1S/C17H24N2O/c1-14-8-12-19(13-9-14)16(20)18-17(10-5-11-17)15-6-3-2-4-7-15/h2-4,6-7,14H,5,8-13H2,1H3,(H,18,20). The van der Waals surface area contributed by atoms with Gasteiger partial charge in [-0.25, -0.2) is 4.79 Å². The molecule has 0 spiro atoms. The second-order valence-corrected chi connectivity index (χ2v) is 6.40. The summed E-state index contributed by atoms with van der Waals surface area (Å²) in [6, 6.07) is 10.5. The molecule has 1 heterocycles. The van der Waals surface area contributed by atoms with E-state index in [2.05, 4.69) is 36.5 Å². The van der Waals surface area contributed by atoms with Crippen LogP contribution >= 0.6 is 0 Å². The summed E-state index contributed by atoms with van der Waals surface area (Å²) < 4.78 is 0. The molecule has 0 radical (unpaired) electrons. The summed E-state index contributed by atoms with van der Waals surface area (Å²) in [6.45, 7) is 4.07. The Morgan fingerprint density at radius 3 is 2.40 bits per heavy atom. The van der Waals surface area contributed by atoms with Crippen molar-refractivity contribution >= 4 is 6.03 Å². The summed E-state index contributed by atoms with van der Waals surface area (Å²) in [6.07, 6.45) is 5.59. The van der Waals surface area contributed by atoms with Crippen molar-refractivity contribution < 1.29 is 4.79 Å². The third-order valence-corrected chi connectivity index (χ3v) is 4.95. The van der Waals surface area contributed by atoms with E-state index in [0.29, 0.717) is 0 Å². The van der Waals surface area contributed by atoms with Gasteiger partial charge in [0.2, 0.25) is 0 Å². The van der Waals surface area contributed by atoms with Gasteiger partial charge in [0.25, 0.3) is 0 Å². The number of urea groups is 1. The molecule has 3 rings (SSSR count). The number of piperidine rings is 1. The smallest absolute Gasteiger partial charge is 0.318 e. The van der Waals surface area contributed by atoms with Crippen molar-refractivity contribution in [3.05, 3.63) is 35.9 Å². The predicted molar refractivity (Wildman–Crippen MR) is 80.5 cm³/mol. The maximum absolute atomic E-state index is 12.5. The van der Waals surface area contributed by atoms with Crippen molar-refractivity contribution in [2.24, 2.45) is 5.92 Å². The van der Waals surface area contributed by atoms with E-state index in [1.165, 1.54) is 12.0 Å². The molecule has 3 heteroatoms. The highest BCUT2D eigenvalue weighted by atomic mass is 16.2. The van der Waals surface area contributed by atoms with Crippen molar-refractivity contribution in [3.8, 4) is 0 Å². The lowest BCUT2D eigenvalue weighted by Crippen LogP contribution is -2.55. The minimum absolute atomic E-state index is 0.110. The van der Waals surface area contributed by atoms with Gasteiger partial charge in [-0.15, -0.1) is 0 Å². The quantitative estimate of drug-likeness (QED) is 0.878. The number of likely N-dealkylation sites (tertiary alicyclic amines) is 1. The number of carbonyl (C=O) groups is 1. The Hall–Kier alpha value is -1.51. The Bertz CT molecular complexity index is 459. The number of hydrogen-bond acceptors (Lipinski definition) is 1. The van der Waals surface area contributed by atoms with Gasteiger partial charge in [-0.3, -0.25) is 0 Å². The molecule has 2 fully saturated rings. The second kappa shape index (κ2) is 5.47. The molecule has 0 unspecified atom stereocenters. The normalized spacial score (nSPS) is 22.1. The zero-order valence-electron chi connectivity index (χ0n) is 12.3. The van der Waals surface area contributed by atoms with E-state index < -0.39 is 0 Å². The van der Waals surface area contributed by atoms with Crippen LogP contribution in [0.4, 0.5) is 4.79 Å². The molecule has 1 saturated heterocycles. The van der Waals surface area contributed by atoms with Gasteiger partial charge >= 0.3 is 6.03 Å². The summed E-state index contributed by atoms with van der Waals surface area (Å²) in [5.74, 6) is 0.755. The van der Waals surface area contributed by atoms with Gasteiger partial charge in [0, 0.05) is 13.1 Å². The highest BCUT2D eigenvalue weighted by Gasteiger charge is 2.40. The van der Waals surface area contributed by atoms with Crippen LogP contribution in [-0.4, -0.2) is 24.0 Å². The van der Waals surface area contributed by atoms with Crippen LogP contribution in [0.3, 0.4) is 0 Å². The number of carbonyl (C=O) groups excluding carboxylic acids is 1. The van der Waals surface area contributed by atoms with Crippen LogP contribution in [0.5, 0.6) is 0 Å². The van der Waals surface area contributed by atoms with Crippen LogP contribution < -0.4 is 5.32 Å². The lowest BCUT2D eigenvalue weighted by Gasteiger charge is -2.44. The molecule has 0 aromatic heterocycles. The van der Waals surface area contributed by atoms with Crippen LogP contribution in [0.25, 0.3) is 0 Å². The summed E-state index contributed by atoms with van der Waals surface area (Å²) in [5.41, 5.74) is 1.14. The van der Waals surface area contributed by atoms with E-state index in [1.54, 1.807) is 0 Å². The maximum Gasteiger partial charge on any atom is 0.318 e. The Morgan fingerprint density at radius 1 is 1.20 bits per heavy atom. The Morgan fingerprint density at radius 2 is 1.85 bits per heavy atom. The third kappa shape index (κ3) is 2.54. The molecular formula is C17H24N2O. The van der Waals surface area contributed by atoms with Gasteiger partial charge in [0.05, 0.1) is 5.54 Å². The summed E-state index contributed by atoms with van der Waals surface area (Å²) in [4.78, 5) is 14.5. The number of benzene rings is 1. The molecule has 3 nitrogen and oxygen atoms in total. The van der Waals surface area contributed by atoms with Crippen LogP contribution in [-0.2, 0) is 5.54 Å². The van der Waals surface area contributed by atoms with Gasteiger partial charge in [0.1, 0.15) is 0 Å². The van der Waals surface area contributed by atoms with Crippen molar-refractivity contribution in [2.45, 2.75) is 44.6 Å². The summed E-state index contributed by atoms with van der Waals surface area (Å²) in [7, 11) is 0. The molecule has 0 bridgehead atoms. The number of hydrogen-bond donors (Lipinski definition) is 1. The highest BCUT2D eigenvalue weighted by molar-refractivity contribution is 5.75. The number of nitrogens with zero attached hydrogens (tertiary/aromatic N) is 1. The molecule has 0 atom stereocenters. The first-order chi connectivity index (χ1) is 9.70. The Balaban J connectivity index is 1.68. The molecule has 2 aliphatic rings. The Labute approximate surface area is 121 Å². The monoisotopic (exact) mass is 272 g/mol. The molecular weight excluding hydrogens is 248 g/mol. The first-order valence-corrected chi connectivity index (χ1v) is 7.82. The topological polar surface area (TPSA) is 32.3 Å². The average Bonchev–Trinajstić information content (AvgIpc) is 2.44. The minimum atomic E-state index is -0.110. The zero-order valence-corrected chi connectivity index (χ0v) is 12.3. The fraction of sp³-hybridized carbons (Fsp3) is 0.588. The fourth-order valence-electron chi connectivity index (χ4n) is 3.27. The van der Waals surface area contributed by atoms with Crippen molar-refractivity contribution in [1.29, 1.82) is 0 Å². The fourth-order valence-corrected chi connectivity index (χ4v) is 3.27. The predicted octanol–water partition coefficient (Wildman–Crippen LogP) is 3.51.